The SMILES string of the molecule is Cc1cc(NCCC2=CCCCC2)cc(=O)[nH]1. The van der Waals surface area contributed by atoms with Crippen molar-refractivity contribution in [1.29, 1.82) is 0 Å². The number of hydrogen-bond acceptors (Lipinski definition) is 2. The third-order valence-electron chi connectivity index (χ3n) is 3.14. The maximum Gasteiger partial charge on any atom is 0.250 e. The van der Waals surface area contributed by atoms with Gasteiger partial charge in [-0.25, -0.2) is 0 Å². The Labute approximate surface area is 102 Å². The van der Waals surface area contributed by atoms with Gasteiger partial charge in [-0.3, -0.25) is 4.79 Å². The first-order valence-corrected chi connectivity index (χ1v) is 6.37. The number of aromatic nitrogens is 1. The Morgan fingerprint density at radius 3 is 2.94 bits per heavy atom. The van der Waals surface area contributed by atoms with Crippen molar-refractivity contribution in [3.63, 3.8) is 0 Å². The second-order valence-electron chi connectivity index (χ2n) is 4.70. The van der Waals surface area contributed by atoms with E-state index in [1.54, 1.807) is 11.6 Å². The fraction of sp³-hybridized carbons (Fsp3) is 0.500. The molecule has 0 spiro atoms. The van der Waals surface area contributed by atoms with Gasteiger partial charge >= 0.3 is 0 Å². The van der Waals surface area contributed by atoms with Crippen LogP contribution in [0.4, 0.5) is 5.69 Å². The number of anilines is 1. The fourth-order valence-corrected chi connectivity index (χ4v) is 2.28. The molecule has 1 heterocycles. The van der Waals surface area contributed by atoms with E-state index in [1.165, 1.54) is 25.7 Å². The second kappa shape index (κ2) is 5.71. The molecule has 1 aromatic rings. The molecule has 0 aliphatic heterocycles. The van der Waals surface area contributed by atoms with E-state index in [-0.39, 0.29) is 5.56 Å². The van der Waals surface area contributed by atoms with Gasteiger partial charge < -0.3 is 10.3 Å². The van der Waals surface area contributed by atoms with Gasteiger partial charge in [0.05, 0.1) is 0 Å². The molecule has 1 aliphatic rings. The highest BCUT2D eigenvalue weighted by atomic mass is 16.1. The van der Waals surface area contributed by atoms with Crippen LogP contribution < -0.4 is 10.9 Å². The van der Waals surface area contributed by atoms with Crippen LogP contribution in [0, 0.1) is 6.92 Å². The summed E-state index contributed by atoms with van der Waals surface area (Å²) in [7, 11) is 0. The van der Waals surface area contributed by atoms with Gasteiger partial charge in [0.2, 0.25) is 5.56 Å². The third-order valence-corrected chi connectivity index (χ3v) is 3.14. The average molecular weight is 232 g/mol. The van der Waals surface area contributed by atoms with Crippen molar-refractivity contribution in [3.05, 3.63) is 39.8 Å². The Bertz CT molecular complexity index is 460. The Balaban J connectivity index is 1.85. The zero-order valence-corrected chi connectivity index (χ0v) is 10.4. The summed E-state index contributed by atoms with van der Waals surface area (Å²) in [6.07, 6.45) is 8.61. The Morgan fingerprint density at radius 2 is 2.24 bits per heavy atom. The van der Waals surface area contributed by atoms with Crippen molar-refractivity contribution in [2.45, 2.75) is 39.0 Å². The first-order valence-electron chi connectivity index (χ1n) is 6.37. The second-order valence-corrected chi connectivity index (χ2v) is 4.70. The molecule has 1 aliphatic carbocycles. The number of aromatic amines is 1. The van der Waals surface area contributed by atoms with Crippen LogP contribution in [0.5, 0.6) is 0 Å². The Kier molecular flexibility index (Phi) is 4.02. The van der Waals surface area contributed by atoms with E-state index in [9.17, 15) is 4.79 Å². The van der Waals surface area contributed by atoms with Crippen LogP contribution >= 0.6 is 0 Å². The van der Waals surface area contributed by atoms with E-state index < -0.39 is 0 Å². The molecule has 0 bridgehead atoms. The van der Waals surface area contributed by atoms with Crippen molar-refractivity contribution in [2.75, 3.05) is 11.9 Å². The summed E-state index contributed by atoms with van der Waals surface area (Å²) in [5.74, 6) is 0. The van der Waals surface area contributed by atoms with Crippen LogP contribution in [0.15, 0.2) is 28.6 Å². The summed E-state index contributed by atoms with van der Waals surface area (Å²) in [4.78, 5) is 14.0. The van der Waals surface area contributed by atoms with E-state index >= 15 is 0 Å². The number of H-pyrrole nitrogens is 1. The molecule has 0 saturated heterocycles. The predicted molar refractivity (Wildman–Crippen MR) is 71.5 cm³/mol. The highest BCUT2D eigenvalue weighted by molar-refractivity contribution is 5.42. The predicted octanol–water partition coefficient (Wildman–Crippen LogP) is 2.99. The first-order chi connectivity index (χ1) is 8.24. The molecule has 0 amide bonds. The number of rotatable bonds is 4. The molecule has 1 aromatic heterocycles. The molecule has 2 N–H and O–H groups in total. The quantitative estimate of drug-likeness (QED) is 0.784. The molecular formula is C14H20N2O. The Hall–Kier alpha value is -1.51. The van der Waals surface area contributed by atoms with Crippen molar-refractivity contribution >= 4 is 5.69 Å². The lowest BCUT2D eigenvalue weighted by molar-refractivity contribution is 0.679. The Morgan fingerprint density at radius 1 is 1.35 bits per heavy atom. The van der Waals surface area contributed by atoms with E-state index in [0.717, 1.165) is 24.3 Å². The summed E-state index contributed by atoms with van der Waals surface area (Å²) in [6, 6.07) is 3.58. The maximum absolute atomic E-state index is 11.3. The zero-order chi connectivity index (χ0) is 12.1. The van der Waals surface area contributed by atoms with Crippen molar-refractivity contribution in [2.24, 2.45) is 0 Å². The largest absolute Gasteiger partial charge is 0.385 e. The van der Waals surface area contributed by atoms with E-state index in [0.29, 0.717) is 0 Å². The minimum Gasteiger partial charge on any atom is -0.385 e. The van der Waals surface area contributed by atoms with Gasteiger partial charge in [0, 0.05) is 24.0 Å². The average Bonchev–Trinajstić information content (AvgIpc) is 2.29. The molecule has 0 saturated carbocycles. The lowest BCUT2D eigenvalue weighted by atomic mass is 9.97. The van der Waals surface area contributed by atoms with Gasteiger partial charge in [-0.1, -0.05) is 11.6 Å². The molecule has 0 atom stereocenters. The smallest absolute Gasteiger partial charge is 0.250 e. The lowest BCUT2D eigenvalue weighted by Gasteiger charge is -2.13. The highest BCUT2D eigenvalue weighted by Crippen LogP contribution is 2.19. The summed E-state index contributed by atoms with van der Waals surface area (Å²) < 4.78 is 0. The summed E-state index contributed by atoms with van der Waals surface area (Å²) in [6.45, 7) is 2.81. The van der Waals surface area contributed by atoms with E-state index in [1.807, 2.05) is 13.0 Å². The molecule has 17 heavy (non-hydrogen) atoms. The molecule has 0 aromatic carbocycles. The summed E-state index contributed by atoms with van der Waals surface area (Å²) >= 11 is 0. The minimum atomic E-state index is -0.0376. The molecule has 0 fully saturated rings. The van der Waals surface area contributed by atoms with Crippen molar-refractivity contribution in [3.8, 4) is 0 Å². The normalized spacial score (nSPS) is 15.5. The highest BCUT2D eigenvalue weighted by Gasteiger charge is 2.03. The molecule has 3 nitrogen and oxygen atoms in total. The maximum atomic E-state index is 11.3. The van der Waals surface area contributed by atoms with Gasteiger partial charge in [0.25, 0.3) is 0 Å². The summed E-state index contributed by atoms with van der Waals surface area (Å²) in [5.41, 5.74) is 3.34. The van der Waals surface area contributed by atoms with Crippen LogP contribution in [0.25, 0.3) is 0 Å². The molecule has 0 unspecified atom stereocenters. The van der Waals surface area contributed by atoms with Gasteiger partial charge in [0.1, 0.15) is 0 Å². The number of nitrogens with one attached hydrogen (secondary N) is 2. The molecular weight excluding hydrogens is 212 g/mol. The lowest BCUT2D eigenvalue weighted by Crippen LogP contribution is -2.10. The summed E-state index contributed by atoms with van der Waals surface area (Å²) in [5, 5.41) is 3.31. The van der Waals surface area contributed by atoms with Gasteiger partial charge in [0.15, 0.2) is 0 Å². The standard InChI is InChI=1S/C14H20N2O/c1-11-9-13(10-14(17)16-11)15-8-7-12-5-3-2-4-6-12/h5,9-10H,2-4,6-8H2,1H3,(H2,15,16,17). The molecule has 92 valence electrons. The van der Waals surface area contributed by atoms with Gasteiger partial charge in [-0.05, 0) is 45.1 Å². The van der Waals surface area contributed by atoms with Crippen molar-refractivity contribution in [1.82, 2.24) is 4.98 Å². The number of aryl methyl sites for hydroxylation is 1. The number of pyridine rings is 1. The third kappa shape index (κ3) is 3.77. The first kappa shape index (κ1) is 12.0. The molecule has 2 rings (SSSR count). The van der Waals surface area contributed by atoms with E-state index in [4.69, 9.17) is 0 Å². The molecule has 0 radical (unpaired) electrons. The monoisotopic (exact) mass is 232 g/mol. The van der Waals surface area contributed by atoms with E-state index in [2.05, 4.69) is 16.4 Å². The minimum absolute atomic E-state index is 0.0376. The van der Waals surface area contributed by atoms with Crippen LogP contribution in [0.2, 0.25) is 0 Å². The van der Waals surface area contributed by atoms with Crippen molar-refractivity contribution < 1.29 is 0 Å². The van der Waals surface area contributed by atoms with Crippen LogP contribution in [0.3, 0.4) is 0 Å². The zero-order valence-electron chi connectivity index (χ0n) is 10.4. The van der Waals surface area contributed by atoms with Crippen LogP contribution in [-0.2, 0) is 0 Å². The van der Waals surface area contributed by atoms with Gasteiger partial charge in [-0.2, -0.15) is 0 Å². The number of hydrogen-bond donors (Lipinski definition) is 2. The number of allylic oxidation sites excluding steroid dienone is 1. The topological polar surface area (TPSA) is 44.9 Å². The van der Waals surface area contributed by atoms with Crippen LogP contribution in [-0.4, -0.2) is 11.5 Å². The van der Waals surface area contributed by atoms with Crippen LogP contribution in [0.1, 0.15) is 37.8 Å². The molecule has 3 heteroatoms. The van der Waals surface area contributed by atoms with Gasteiger partial charge in [-0.15, -0.1) is 0 Å². The fourth-order valence-electron chi connectivity index (χ4n) is 2.28.